The third-order valence-electron chi connectivity index (χ3n) is 11.0. The van der Waals surface area contributed by atoms with E-state index in [-0.39, 0.29) is 33.8 Å². The largest absolute Gasteiger partial charge is 0.401 e. The standard InChI is InChI=1S/C31H35ClF5N5O3/c1-7-45-20-13-29(16-43,26(20,2)3)40(6)25(44)28(5)23(30(28,33)34)17-8-10-18(11-9-17)41-15-27(4,31(35,36)37)24-19(41)14-38-22-12-21(32)39-42(22)24/h8-12,14,20,23,43H,7,13,15-16H2,1-6H3/t20?,23-,27-,28+,29?/m1/s1. The Balaban J connectivity index is 1.30. The summed E-state index contributed by atoms with van der Waals surface area (Å²) in [7, 11) is 1.45. The monoisotopic (exact) mass is 655 g/mol. The Morgan fingerprint density at radius 2 is 1.82 bits per heavy atom. The minimum Gasteiger partial charge on any atom is -0.394 e. The highest BCUT2D eigenvalue weighted by molar-refractivity contribution is 6.29. The van der Waals surface area contributed by atoms with Gasteiger partial charge in [-0.25, -0.2) is 18.3 Å². The fourth-order valence-electron chi connectivity index (χ4n) is 7.68. The summed E-state index contributed by atoms with van der Waals surface area (Å²) in [6, 6.07) is 7.16. The average Bonchev–Trinajstić information content (AvgIpc) is 3.25. The molecule has 244 valence electrons. The van der Waals surface area contributed by atoms with Crippen molar-refractivity contribution in [1.82, 2.24) is 19.5 Å². The van der Waals surface area contributed by atoms with Crippen LogP contribution in [0, 0.1) is 10.8 Å². The van der Waals surface area contributed by atoms with E-state index in [1.165, 1.54) is 60.3 Å². The maximum atomic E-state index is 15.6. The van der Waals surface area contributed by atoms with E-state index in [1.807, 2.05) is 20.8 Å². The number of ether oxygens (including phenoxy) is 1. The lowest BCUT2D eigenvalue weighted by Crippen LogP contribution is -2.74. The van der Waals surface area contributed by atoms with Crippen LogP contribution in [-0.4, -0.2) is 81.1 Å². The van der Waals surface area contributed by atoms with Gasteiger partial charge in [-0.1, -0.05) is 37.6 Å². The molecule has 3 heterocycles. The smallest absolute Gasteiger partial charge is 0.394 e. The molecule has 0 radical (unpaired) electrons. The highest BCUT2D eigenvalue weighted by Crippen LogP contribution is 2.72. The molecule has 45 heavy (non-hydrogen) atoms. The Labute approximate surface area is 262 Å². The van der Waals surface area contributed by atoms with Gasteiger partial charge in [0, 0.05) is 43.8 Å². The van der Waals surface area contributed by atoms with Crippen molar-refractivity contribution in [1.29, 1.82) is 0 Å². The van der Waals surface area contributed by atoms with Crippen LogP contribution in [0.5, 0.6) is 0 Å². The van der Waals surface area contributed by atoms with Crippen LogP contribution in [0.1, 0.15) is 58.2 Å². The molecule has 2 aliphatic carbocycles. The first-order valence-electron chi connectivity index (χ1n) is 14.7. The number of hydrogen-bond donors (Lipinski definition) is 1. The molecule has 3 aliphatic rings. The zero-order chi connectivity index (χ0) is 33.1. The van der Waals surface area contributed by atoms with E-state index in [4.69, 9.17) is 16.3 Å². The third kappa shape index (κ3) is 3.98. The number of amides is 1. The lowest BCUT2D eigenvalue weighted by atomic mass is 9.53. The van der Waals surface area contributed by atoms with Crippen molar-refractivity contribution < 1.29 is 36.6 Å². The number of benzene rings is 1. The fraction of sp³-hybridized carbons (Fsp3) is 0.581. The number of aliphatic hydroxyl groups is 1. The molecule has 3 aromatic rings. The summed E-state index contributed by atoms with van der Waals surface area (Å²) < 4.78 is 81.7. The van der Waals surface area contributed by atoms with Crippen molar-refractivity contribution in [2.75, 3.05) is 31.7 Å². The van der Waals surface area contributed by atoms with E-state index in [0.717, 1.165) is 11.4 Å². The highest BCUT2D eigenvalue weighted by atomic mass is 35.5. The molecule has 2 fully saturated rings. The van der Waals surface area contributed by atoms with Gasteiger partial charge in [0.1, 0.15) is 10.8 Å². The zero-order valence-corrected chi connectivity index (χ0v) is 26.5. The van der Waals surface area contributed by atoms with Crippen LogP contribution in [-0.2, 0) is 14.9 Å². The third-order valence-corrected chi connectivity index (χ3v) is 11.2. The second-order valence-electron chi connectivity index (χ2n) is 13.4. The topological polar surface area (TPSA) is 83.2 Å². The maximum Gasteiger partial charge on any atom is 0.401 e. The second-order valence-corrected chi connectivity index (χ2v) is 13.8. The van der Waals surface area contributed by atoms with Gasteiger partial charge in [-0.2, -0.15) is 18.3 Å². The first-order valence-corrected chi connectivity index (χ1v) is 15.1. The average molecular weight is 656 g/mol. The molecule has 6 rings (SSSR count). The number of alkyl halides is 5. The van der Waals surface area contributed by atoms with Crippen molar-refractivity contribution in [2.45, 2.75) is 76.1 Å². The zero-order valence-electron chi connectivity index (χ0n) is 25.7. The van der Waals surface area contributed by atoms with Gasteiger partial charge in [0.05, 0.1) is 41.7 Å². The maximum absolute atomic E-state index is 15.6. The van der Waals surface area contributed by atoms with Crippen molar-refractivity contribution in [3.8, 4) is 0 Å². The molecular weight excluding hydrogens is 621 g/mol. The number of rotatable bonds is 7. The number of nitrogens with zero attached hydrogens (tertiary/aromatic N) is 5. The molecule has 2 unspecified atom stereocenters. The van der Waals surface area contributed by atoms with Crippen LogP contribution in [0.2, 0.25) is 5.15 Å². The van der Waals surface area contributed by atoms with Gasteiger partial charge < -0.3 is 19.6 Å². The molecule has 2 aromatic heterocycles. The van der Waals surface area contributed by atoms with Crippen LogP contribution < -0.4 is 4.90 Å². The van der Waals surface area contributed by atoms with Gasteiger partial charge in [0.15, 0.2) is 10.8 Å². The quantitative estimate of drug-likeness (QED) is 0.309. The van der Waals surface area contributed by atoms with Crippen LogP contribution in [0.15, 0.2) is 36.5 Å². The molecule has 1 N–H and O–H groups in total. The predicted octanol–water partition coefficient (Wildman–Crippen LogP) is 6.12. The number of hydrogen-bond acceptors (Lipinski definition) is 6. The SMILES string of the molecule is CCOC1CC(CO)(N(C)C(=O)[C@]2(C)[C@@H](c3ccc(N4C[C@@](C)(C(F)(F)F)c5c4cnc4cc(Cl)nn54)cc3)C2(F)F)C1(C)C. The van der Waals surface area contributed by atoms with E-state index >= 15 is 8.78 Å². The van der Waals surface area contributed by atoms with Gasteiger partial charge in [-0.05, 0) is 38.5 Å². The summed E-state index contributed by atoms with van der Waals surface area (Å²) in [5.41, 5.74) is -5.47. The Kier molecular flexibility index (Phi) is 6.91. The molecule has 8 nitrogen and oxygen atoms in total. The highest BCUT2D eigenvalue weighted by Gasteiger charge is 2.83. The molecule has 2 saturated carbocycles. The molecule has 0 saturated heterocycles. The molecule has 1 aliphatic heterocycles. The summed E-state index contributed by atoms with van der Waals surface area (Å²) in [6.07, 6.45) is -3.26. The van der Waals surface area contributed by atoms with Gasteiger partial charge in [-0.3, -0.25) is 4.79 Å². The lowest BCUT2D eigenvalue weighted by molar-refractivity contribution is -0.221. The number of anilines is 2. The van der Waals surface area contributed by atoms with Gasteiger partial charge in [-0.15, -0.1) is 0 Å². The van der Waals surface area contributed by atoms with Crippen LogP contribution in [0.4, 0.5) is 33.3 Å². The van der Waals surface area contributed by atoms with E-state index in [9.17, 15) is 23.1 Å². The summed E-state index contributed by atoms with van der Waals surface area (Å²) in [5.74, 6) is -5.65. The van der Waals surface area contributed by atoms with E-state index in [0.29, 0.717) is 18.7 Å². The minimum atomic E-state index is -4.66. The predicted molar refractivity (Wildman–Crippen MR) is 157 cm³/mol. The molecule has 5 atom stereocenters. The van der Waals surface area contributed by atoms with Crippen molar-refractivity contribution in [3.63, 3.8) is 0 Å². The molecule has 0 spiro atoms. The summed E-state index contributed by atoms with van der Waals surface area (Å²) in [4.78, 5) is 20.7. The molecular formula is C31H35ClF5N5O3. The first kappa shape index (κ1) is 31.9. The molecule has 0 bridgehead atoms. The fourth-order valence-corrected chi connectivity index (χ4v) is 7.85. The van der Waals surface area contributed by atoms with E-state index < -0.39 is 58.9 Å². The lowest BCUT2D eigenvalue weighted by Gasteiger charge is -2.64. The summed E-state index contributed by atoms with van der Waals surface area (Å²) in [5, 5.41) is 14.4. The Bertz CT molecular complexity index is 1680. The molecule has 1 amide bonds. The summed E-state index contributed by atoms with van der Waals surface area (Å²) in [6.45, 7) is 7.38. The van der Waals surface area contributed by atoms with E-state index in [1.54, 1.807) is 0 Å². The number of fused-ring (bicyclic) bond motifs is 3. The van der Waals surface area contributed by atoms with Crippen molar-refractivity contribution in [3.05, 3.63) is 52.9 Å². The number of halogens is 6. The minimum absolute atomic E-state index is 0.00304. The van der Waals surface area contributed by atoms with Crippen LogP contribution in [0.3, 0.4) is 0 Å². The van der Waals surface area contributed by atoms with Crippen molar-refractivity contribution >= 4 is 34.5 Å². The van der Waals surface area contributed by atoms with Crippen LogP contribution in [0.25, 0.3) is 5.65 Å². The number of aromatic nitrogens is 3. The Morgan fingerprint density at radius 1 is 1.18 bits per heavy atom. The number of likely N-dealkylation sites (N-methyl/N-ethyl adjacent to an activating group) is 1. The Hall–Kier alpha value is -3.03. The van der Waals surface area contributed by atoms with E-state index in [2.05, 4.69) is 10.1 Å². The van der Waals surface area contributed by atoms with Crippen molar-refractivity contribution in [2.24, 2.45) is 10.8 Å². The normalized spacial score (nSPS) is 31.5. The number of carbonyl (C=O) groups is 1. The number of carbonyl (C=O) groups excluding carboxylic acids is 1. The molecule has 14 heteroatoms. The second kappa shape index (κ2) is 9.74. The van der Waals surface area contributed by atoms with Crippen LogP contribution >= 0.6 is 11.6 Å². The van der Waals surface area contributed by atoms with Gasteiger partial charge >= 0.3 is 6.18 Å². The van der Waals surface area contributed by atoms with Gasteiger partial charge in [0.25, 0.3) is 5.92 Å². The summed E-state index contributed by atoms with van der Waals surface area (Å²) >= 11 is 5.99. The number of aliphatic hydroxyl groups excluding tert-OH is 1. The first-order chi connectivity index (χ1) is 20.8. The molecule has 1 aromatic carbocycles. The Morgan fingerprint density at radius 3 is 2.38 bits per heavy atom. The van der Waals surface area contributed by atoms with Gasteiger partial charge in [0.2, 0.25) is 5.91 Å².